The minimum atomic E-state index is -0.151. The molecular weight excluding hydrogens is 301 g/mol. The van der Waals surface area contributed by atoms with Crippen LogP contribution in [-0.4, -0.2) is 17.6 Å². The van der Waals surface area contributed by atoms with E-state index in [2.05, 4.69) is 15.8 Å². The summed E-state index contributed by atoms with van der Waals surface area (Å²) >= 11 is 11.8. The summed E-state index contributed by atoms with van der Waals surface area (Å²) in [5.41, 5.74) is 0.540. The number of aryl methyl sites for hydroxylation is 1. The van der Waals surface area contributed by atoms with Crippen molar-refractivity contribution >= 4 is 40.6 Å². The second kappa shape index (κ2) is 6.63. The molecule has 2 N–H and O–H groups in total. The molecule has 2 aromatic rings. The third kappa shape index (κ3) is 4.15. The number of nitrogens with one attached hydrogen (secondary N) is 2. The van der Waals surface area contributed by atoms with Crippen molar-refractivity contribution in [3.05, 3.63) is 40.1 Å². The van der Waals surface area contributed by atoms with Crippen LogP contribution in [-0.2, 0) is 4.79 Å². The highest BCUT2D eigenvalue weighted by molar-refractivity contribution is 6.36. The number of carbonyl (C=O) groups excluding carboxylic acids is 1. The Balaban J connectivity index is 1.80. The number of hydrogen-bond donors (Lipinski definition) is 2. The van der Waals surface area contributed by atoms with E-state index >= 15 is 0 Å². The number of carbonyl (C=O) groups is 1. The first-order valence-electron chi connectivity index (χ1n) is 5.96. The quantitative estimate of drug-likeness (QED) is 0.882. The highest BCUT2D eigenvalue weighted by atomic mass is 35.5. The van der Waals surface area contributed by atoms with Crippen LogP contribution in [0.4, 0.5) is 11.5 Å². The summed E-state index contributed by atoms with van der Waals surface area (Å²) in [6.07, 6.45) is 0.283. The SMILES string of the molecule is Cc1cc(NCCC(=O)Nc2ccc(Cl)cc2Cl)no1. The van der Waals surface area contributed by atoms with Crippen LogP contribution in [0.3, 0.4) is 0 Å². The van der Waals surface area contributed by atoms with E-state index in [1.165, 1.54) is 0 Å². The normalized spacial score (nSPS) is 10.3. The summed E-state index contributed by atoms with van der Waals surface area (Å²) in [6.45, 7) is 2.25. The van der Waals surface area contributed by atoms with Gasteiger partial charge in [-0.1, -0.05) is 28.4 Å². The Morgan fingerprint density at radius 1 is 1.35 bits per heavy atom. The Labute approximate surface area is 126 Å². The van der Waals surface area contributed by atoms with Crippen molar-refractivity contribution in [2.24, 2.45) is 0 Å². The molecule has 0 unspecified atom stereocenters. The Morgan fingerprint density at radius 2 is 2.15 bits per heavy atom. The molecule has 1 aromatic carbocycles. The number of benzene rings is 1. The highest BCUT2D eigenvalue weighted by Gasteiger charge is 2.07. The molecule has 0 aliphatic carbocycles. The monoisotopic (exact) mass is 313 g/mol. The first-order valence-corrected chi connectivity index (χ1v) is 6.72. The maximum Gasteiger partial charge on any atom is 0.226 e. The van der Waals surface area contributed by atoms with Gasteiger partial charge >= 0.3 is 0 Å². The van der Waals surface area contributed by atoms with E-state index in [4.69, 9.17) is 27.7 Å². The number of hydrogen-bond acceptors (Lipinski definition) is 4. The van der Waals surface area contributed by atoms with Gasteiger partial charge in [0.05, 0.1) is 10.7 Å². The number of aromatic nitrogens is 1. The topological polar surface area (TPSA) is 67.2 Å². The van der Waals surface area contributed by atoms with Crippen LogP contribution in [0.25, 0.3) is 0 Å². The number of halogens is 2. The lowest BCUT2D eigenvalue weighted by atomic mass is 10.3. The fourth-order valence-corrected chi connectivity index (χ4v) is 2.01. The van der Waals surface area contributed by atoms with Crippen molar-refractivity contribution in [2.75, 3.05) is 17.2 Å². The molecule has 0 aliphatic rings. The van der Waals surface area contributed by atoms with Gasteiger partial charge < -0.3 is 15.2 Å². The summed E-state index contributed by atoms with van der Waals surface area (Å²) < 4.78 is 4.90. The number of anilines is 2. The van der Waals surface area contributed by atoms with Crippen LogP contribution < -0.4 is 10.6 Å². The van der Waals surface area contributed by atoms with Gasteiger partial charge in [-0.25, -0.2) is 0 Å². The predicted molar refractivity (Wildman–Crippen MR) is 79.4 cm³/mol. The summed E-state index contributed by atoms with van der Waals surface area (Å²) in [5, 5.41) is 10.4. The van der Waals surface area contributed by atoms with Crippen LogP contribution in [0.1, 0.15) is 12.2 Å². The summed E-state index contributed by atoms with van der Waals surface area (Å²) in [6, 6.07) is 6.67. The van der Waals surface area contributed by atoms with E-state index in [0.29, 0.717) is 33.9 Å². The van der Waals surface area contributed by atoms with E-state index in [1.54, 1.807) is 31.2 Å². The average Bonchev–Trinajstić information content (AvgIpc) is 2.79. The van der Waals surface area contributed by atoms with E-state index in [1.807, 2.05) is 0 Å². The molecule has 0 bridgehead atoms. The standard InChI is InChI=1S/C13H13Cl2N3O2/c1-8-6-12(18-20-8)16-5-4-13(19)17-11-3-2-9(14)7-10(11)15/h2-3,6-7H,4-5H2,1H3,(H,16,18)(H,17,19). The second-order valence-corrected chi connectivity index (χ2v) is 5.02. The summed E-state index contributed by atoms with van der Waals surface area (Å²) in [7, 11) is 0. The van der Waals surface area contributed by atoms with Gasteiger partial charge in [-0.3, -0.25) is 4.79 Å². The summed E-state index contributed by atoms with van der Waals surface area (Å²) in [4.78, 5) is 11.8. The largest absolute Gasteiger partial charge is 0.367 e. The number of nitrogens with zero attached hydrogens (tertiary/aromatic N) is 1. The Kier molecular flexibility index (Phi) is 4.87. The fraction of sp³-hybridized carbons (Fsp3) is 0.231. The van der Waals surface area contributed by atoms with Crippen molar-refractivity contribution in [1.82, 2.24) is 5.16 Å². The highest BCUT2D eigenvalue weighted by Crippen LogP contribution is 2.25. The van der Waals surface area contributed by atoms with Crippen LogP contribution in [0.2, 0.25) is 10.0 Å². The molecule has 1 heterocycles. The van der Waals surface area contributed by atoms with Crippen LogP contribution in [0.15, 0.2) is 28.8 Å². The Hall–Kier alpha value is -1.72. The van der Waals surface area contributed by atoms with E-state index in [-0.39, 0.29) is 12.3 Å². The maximum atomic E-state index is 11.8. The second-order valence-electron chi connectivity index (χ2n) is 4.17. The zero-order valence-corrected chi connectivity index (χ0v) is 12.3. The lowest BCUT2D eigenvalue weighted by Gasteiger charge is -2.07. The molecule has 0 spiro atoms. The third-order valence-corrected chi connectivity index (χ3v) is 3.04. The number of rotatable bonds is 5. The number of amides is 1. The minimum absolute atomic E-state index is 0.151. The minimum Gasteiger partial charge on any atom is -0.367 e. The zero-order chi connectivity index (χ0) is 14.5. The van der Waals surface area contributed by atoms with Crippen LogP contribution in [0.5, 0.6) is 0 Å². The molecule has 20 heavy (non-hydrogen) atoms. The third-order valence-electron chi connectivity index (χ3n) is 2.49. The molecule has 0 radical (unpaired) electrons. The van der Waals surface area contributed by atoms with E-state index < -0.39 is 0 Å². The molecule has 0 atom stereocenters. The zero-order valence-electron chi connectivity index (χ0n) is 10.7. The lowest BCUT2D eigenvalue weighted by molar-refractivity contribution is -0.115. The fourth-order valence-electron chi connectivity index (χ4n) is 1.56. The van der Waals surface area contributed by atoms with Crippen molar-refractivity contribution in [1.29, 1.82) is 0 Å². The Bertz CT molecular complexity index is 613. The van der Waals surface area contributed by atoms with Gasteiger partial charge in [0.15, 0.2) is 5.82 Å². The van der Waals surface area contributed by atoms with Gasteiger partial charge in [-0.2, -0.15) is 0 Å². The molecule has 0 fully saturated rings. The lowest BCUT2D eigenvalue weighted by Crippen LogP contribution is -2.16. The van der Waals surface area contributed by atoms with Gasteiger partial charge in [0.2, 0.25) is 5.91 Å². The first-order chi connectivity index (χ1) is 9.54. The van der Waals surface area contributed by atoms with Crippen molar-refractivity contribution in [3.8, 4) is 0 Å². The van der Waals surface area contributed by atoms with Gasteiger partial charge in [-0.15, -0.1) is 0 Å². The molecule has 106 valence electrons. The van der Waals surface area contributed by atoms with Crippen molar-refractivity contribution < 1.29 is 9.32 Å². The van der Waals surface area contributed by atoms with E-state index in [9.17, 15) is 4.79 Å². The Morgan fingerprint density at radius 3 is 2.80 bits per heavy atom. The smallest absolute Gasteiger partial charge is 0.226 e. The van der Waals surface area contributed by atoms with Gasteiger partial charge in [0.25, 0.3) is 0 Å². The predicted octanol–water partition coefficient (Wildman–Crippen LogP) is 3.73. The maximum absolute atomic E-state index is 11.8. The molecule has 0 aliphatic heterocycles. The van der Waals surface area contributed by atoms with Crippen LogP contribution in [0, 0.1) is 6.92 Å². The molecule has 0 saturated heterocycles. The molecule has 2 rings (SSSR count). The molecular formula is C13H13Cl2N3O2. The van der Waals surface area contributed by atoms with Crippen molar-refractivity contribution in [3.63, 3.8) is 0 Å². The molecule has 0 saturated carbocycles. The van der Waals surface area contributed by atoms with Gasteiger partial charge in [0, 0.05) is 24.1 Å². The van der Waals surface area contributed by atoms with Crippen LogP contribution >= 0.6 is 23.2 Å². The average molecular weight is 314 g/mol. The summed E-state index contributed by atoms with van der Waals surface area (Å²) in [5.74, 6) is 1.17. The molecule has 7 heteroatoms. The molecule has 1 amide bonds. The van der Waals surface area contributed by atoms with Gasteiger partial charge in [-0.05, 0) is 25.1 Å². The van der Waals surface area contributed by atoms with Gasteiger partial charge in [0.1, 0.15) is 5.76 Å². The van der Waals surface area contributed by atoms with Crippen molar-refractivity contribution in [2.45, 2.75) is 13.3 Å². The molecule has 5 nitrogen and oxygen atoms in total. The molecule has 1 aromatic heterocycles. The first kappa shape index (κ1) is 14.7. The van der Waals surface area contributed by atoms with E-state index in [0.717, 1.165) is 0 Å².